The van der Waals surface area contributed by atoms with E-state index in [1.807, 2.05) is 12.1 Å². The number of benzene rings is 2. The summed E-state index contributed by atoms with van der Waals surface area (Å²) in [5.74, 6) is -0.379. The van der Waals surface area contributed by atoms with Crippen LogP contribution in [0.3, 0.4) is 0 Å². The Labute approximate surface area is 174 Å². The molecule has 150 valence electrons. The second-order valence-corrected chi connectivity index (χ2v) is 6.75. The Morgan fingerprint density at radius 3 is 2.45 bits per heavy atom. The summed E-state index contributed by atoms with van der Waals surface area (Å²) in [6.45, 7) is 0. The molecular formula is C24H13NO6. The average Bonchev–Trinajstić information content (AvgIpc) is 2.78. The molecule has 5 rings (SSSR count). The van der Waals surface area contributed by atoms with Gasteiger partial charge in [0, 0.05) is 40.9 Å². The van der Waals surface area contributed by atoms with Crippen molar-refractivity contribution in [2.45, 2.75) is 0 Å². The first-order valence-corrected chi connectivity index (χ1v) is 9.32. The van der Waals surface area contributed by atoms with E-state index < -0.39 is 17.2 Å². The number of nitrogens with zero attached hydrogens (tertiary/aromatic N) is 1. The topological polar surface area (TPSA) is 99.6 Å². The predicted octanol–water partition coefficient (Wildman–Crippen LogP) is 4.18. The van der Waals surface area contributed by atoms with E-state index in [1.54, 1.807) is 30.3 Å². The van der Waals surface area contributed by atoms with Gasteiger partial charge in [0.1, 0.15) is 16.9 Å². The fraction of sp³-hybridized carbons (Fsp3) is 0. The minimum atomic E-state index is -0.646. The number of esters is 1. The lowest BCUT2D eigenvalue weighted by atomic mass is 10.0. The number of fused-ring (bicyclic) bond motifs is 2. The molecule has 7 nitrogen and oxygen atoms in total. The van der Waals surface area contributed by atoms with Crippen molar-refractivity contribution in [3.05, 3.63) is 106 Å². The number of hydrogen-bond donors (Lipinski definition) is 0. The third-order valence-corrected chi connectivity index (χ3v) is 4.77. The van der Waals surface area contributed by atoms with Crippen LogP contribution in [0.4, 0.5) is 0 Å². The Kier molecular flexibility index (Phi) is 4.41. The summed E-state index contributed by atoms with van der Waals surface area (Å²) in [5.41, 5.74) is 0.352. The zero-order valence-corrected chi connectivity index (χ0v) is 15.9. The molecule has 0 aliphatic carbocycles. The van der Waals surface area contributed by atoms with Gasteiger partial charge in [-0.25, -0.2) is 14.4 Å². The zero-order valence-electron chi connectivity index (χ0n) is 15.9. The van der Waals surface area contributed by atoms with Crippen LogP contribution < -0.4 is 16.0 Å². The summed E-state index contributed by atoms with van der Waals surface area (Å²) in [6.07, 6.45) is 2.97. The summed E-state index contributed by atoms with van der Waals surface area (Å²) in [4.78, 5) is 40.9. The Balaban J connectivity index is 1.61. The molecule has 0 saturated heterocycles. The van der Waals surface area contributed by atoms with Crippen molar-refractivity contribution in [3.8, 4) is 16.9 Å². The van der Waals surface area contributed by atoms with Crippen LogP contribution in [0, 0.1) is 0 Å². The normalized spacial score (nSPS) is 11.0. The molecule has 3 heterocycles. The first-order valence-electron chi connectivity index (χ1n) is 9.32. The molecular weight excluding hydrogens is 398 g/mol. The van der Waals surface area contributed by atoms with Crippen LogP contribution in [0.15, 0.2) is 97.5 Å². The Morgan fingerprint density at radius 1 is 0.806 bits per heavy atom. The molecule has 3 aromatic heterocycles. The van der Waals surface area contributed by atoms with E-state index in [4.69, 9.17) is 13.6 Å². The number of hydrogen-bond acceptors (Lipinski definition) is 7. The van der Waals surface area contributed by atoms with Gasteiger partial charge in [-0.1, -0.05) is 18.2 Å². The first-order chi connectivity index (χ1) is 15.1. The molecule has 0 amide bonds. The summed E-state index contributed by atoms with van der Waals surface area (Å²) in [5, 5.41) is 1.23. The molecule has 31 heavy (non-hydrogen) atoms. The van der Waals surface area contributed by atoms with E-state index in [0.717, 1.165) is 5.39 Å². The predicted molar refractivity (Wildman–Crippen MR) is 113 cm³/mol. The van der Waals surface area contributed by atoms with Crippen molar-refractivity contribution in [3.63, 3.8) is 0 Å². The molecule has 7 heteroatoms. The van der Waals surface area contributed by atoms with Gasteiger partial charge in [-0.05, 0) is 36.4 Å². The van der Waals surface area contributed by atoms with Crippen molar-refractivity contribution >= 4 is 27.9 Å². The number of pyridine rings is 1. The van der Waals surface area contributed by atoms with Crippen LogP contribution in [0.2, 0.25) is 0 Å². The first kappa shape index (κ1) is 18.5. The standard InChI is InChI=1S/C24H13NO6/c26-22-13-18(19-11-15-3-1-2-4-20(15)31-24(19)28)17-6-5-16(12-21(17)30-22)29-23(27)14-7-9-25-10-8-14/h1-13H. The van der Waals surface area contributed by atoms with Crippen molar-refractivity contribution in [1.82, 2.24) is 4.98 Å². The van der Waals surface area contributed by atoms with E-state index in [-0.39, 0.29) is 16.9 Å². The SMILES string of the molecule is O=C(Oc1ccc2c(-c3cc4ccccc4oc3=O)cc(=O)oc2c1)c1ccncc1. The molecule has 0 radical (unpaired) electrons. The van der Waals surface area contributed by atoms with Gasteiger partial charge in [0.25, 0.3) is 0 Å². The molecule has 0 fully saturated rings. The molecule has 5 aromatic rings. The van der Waals surface area contributed by atoms with E-state index in [9.17, 15) is 14.4 Å². The van der Waals surface area contributed by atoms with Gasteiger partial charge in [0.15, 0.2) is 0 Å². The summed E-state index contributed by atoms with van der Waals surface area (Å²) >= 11 is 0. The molecule has 0 N–H and O–H groups in total. The quantitative estimate of drug-likeness (QED) is 0.249. The highest BCUT2D eigenvalue weighted by atomic mass is 16.5. The second-order valence-electron chi connectivity index (χ2n) is 6.75. The van der Waals surface area contributed by atoms with Gasteiger partial charge in [0.2, 0.25) is 0 Å². The molecule has 0 unspecified atom stereocenters. The van der Waals surface area contributed by atoms with E-state index in [2.05, 4.69) is 4.98 Å². The van der Waals surface area contributed by atoms with E-state index in [1.165, 1.54) is 36.7 Å². The summed E-state index contributed by atoms with van der Waals surface area (Å²) in [6, 6.07) is 17.7. The molecule has 2 aromatic carbocycles. The van der Waals surface area contributed by atoms with Gasteiger partial charge < -0.3 is 13.6 Å². The summed E-state index contributed by atoms with van der Waals surface area (Å²) < 4.78 is 16.1. The van der Waals surface area contributed by atoms with Crippen LogP contribution in [0.1, 0.15) is 10.4 Å². The van der Waals surface area contributed by atoms with Gasteiger partial charge in [-0.15, -0.1) is 0 Å². The number of aromatic nitrogens is 1. The van der Waals surface area contributed by atoms with Crippen molar-refractivity contribution in [2.24, 2.45) is 0 Å². The Bertz CT molecular complexity index is 1570. The second kappa shape index (κ2) is 7.38. The maximum Gasteiger partial charge on any atom is 0.344 e. The highest BCUT2D eigenvalue weighted by Gasteiger charge is 2.15. The third kappa shape index (κ3) is 3.49. The maximum atomic E-state index is 12.6. The monoisotopic (exact) mass is 411 g/mol. The van der Waals surface area contributed by atoms with Crippen molar-refractivity contribution < 1.29 is 18.4 Å². The fourth-order valence-electron chi connectivity index (χ4n) is 3.33. The van der Waals surface area contributed by atoms with E-state index >= 15 is 0 Å². The van der Waals surface area contributed by atoms with Gasteiger partial charge in [0.05, 0.1) is 11.1 Å². The number of para-hydroxylation sites is 1. The Morgan fingerprint density at radius 2 is 1.61 bits per heavy atom. The van der Waals surface area contributed by atoms with Crippen molar-refractivity contribution in [1.29, 1.82) is 0 Å². The Hall–Kier alpha value is -4.52. The number of ether oxygens (including phenoxy) is 1. The molecule has 0 bridgehead atoms. The summed E-state index contributed by atoms with van der Waals surface area (Å²) in [7, 11) is 0. The molecule has 0 aliphatic rings. The lowest BCUT2D eigenvalue weighted by Gasteiger charge is -2.08. The molecule has 0 atom stereocenters. The third-order valence-electron chi connectivity index (χ3n) is 4.77. The minimum Gasteiger partial charge on any atom is -0.423 e. The molecule has 0 saturated carbocycles. The highest BCUT2D eigenvalue weighted by Crippen LogP contribution is 2.30. The number of carbonyl (C=O) groups excluding carboxylic acids is 1. The fourth-order valence-corrected chi connectivity index (χ4v) is 3.33. The minimum absolute atomic E-state index is 0.176. The lowest BCUT2D eigenvalue weighted by molar-refractivity contribution is 0.0735. The number of carbonyl (C=O) groups is 1. The van der Waals surface area contributed by atoms with E-state index in [0.29, 0.717) is 22.1 Å². The molecule has 0 spiro atoms. The van der Waals surface area contributed by atoms with Crippen LogP contribution in [0.5, 0.6) is 5.75 Å². The number of rotatable bonds is 3. The van der Waals surface area contributed by atoms with Crippen LogP contribution in [-0.2, 0) is 0 Å². The smallest absolute Gasteiger partial charge is 0.344 e. The van der Waals surface area contributed by atoms with Gasteiger partial charge in [-0.2, -0.15) is 0 Å². The van der Waals surface area contributed by atoms with Crippen LogP contribution in [0.25, 0.3) is 33.1 Å². The van der Waals surface area contributed by atoms with Crippen LogP contribution >= 0.6 is 0 Å². The zero-order chi connectivity index (χ0) is 21.4. The largest absolute Gasteiger partial charge is 0.423 e. The van der Waals surface area contributed by atoms with Crippen LogP contribution in [-0.4, -0.2) is 11.0 Å². The van der Waals surface area contributed by atoms with Gasteiger partial charge >= 0.3 is 17.2 Å². The average molecular weight is 411 g/mol. The van der Waals surface area contributed by atoms with Gasteiger partial charge in [-0.3, -0.25) is 4.98 Å². The lowest BCUT2D eigenvalue weighted by Crippen LogP contribution is -2.09. The molecule has 0 aliphatic heterocycles. The van der Waals surface area contributed by atoms with Crippen molar-refractivity contribution in [2.75, 3.05) is 0 Å². The highest BCUT2D eigenvalue weighted by molar-refractivity contribution is 5.96. The maximum absolute atomic E-state index is 12.6.